The van der Waals surface area contributed by atoms with Crippen LogP contribution in [0.3, 0.4) is 0 Å². The first-order chi connectivity index (χ1) is 15.5. The summed E-state index contributed by atoms with van der Waals surface area (Å²) in [7, 11) is 0. The number of carbonyl (C=O) groups excluding carboxylic acids is 1. The number of fused-ring (bicyclic) bond motifs is 1. The molecule has 1 aromatic heterocycles. The number of hydrogen-bond donors (Lipinski definition) is 1. The predicted molar refractivity (Wildman–Crippen MR) is 132 cm³/mol. The van der Waals surface area contributed by atoms with E-state index in [1.54, 1.807) is 12.1 Å². The van der Waals surface area contributed by atoms with Crippen LogP contribution in [0.1, 0.15) is 23.4 Å². The number of nitrogens with one attached hydrogen (secondary N) is 1. The molecule has 0 spiro atoms. The quantitative estimate of drug-likeness (QED) is 0.296. The maximum atomic E-state index is 12.2. The van der Waals surface area contributed by atoms with Crippen LogP contribution in [-0.4, -0.2) is 22.0 Å². The SMILES string of the molecule is O=C(Cc1ccc(Cl)cc1)NCCCc1nc2ccccc2n1Cc1ccc(Cl)c(Cl)c1. The average molecular weight is 487 g/mol. The van der Waals surface area contributed by atoms with Gasteiger partial charge in [0.25, 0.3) is 0 Å². The largest absolute Gasteiger partial charge is 0.356 e. The van der Waals surface area contributed by atoms with Crippen molar-refractivity contribution in [2.45, 2.75) is 25.8 Å². The Kier molecular flexibility index (Phi) is 7.36. The molecule has 164 valence electrons. The van der Waals surface area contributed by atoms with E-state index in [9.17, 15) is 4.79 Å². The number of para-hydroxylation sites is 2. The van der Waals surface area contributed by atoms with Gasteiger partial charge in [-0.1, -0.05) is 65.1 Å². The molecule has 0 fully saturated rings. The second-order valence-corrected chi connectivity index (χ2v) is 8.86. The Balaban J connectivity index is 1.40. The third kappa shape index (κ3) is 5.63. The number of nitrogens with zero attached hydrogens (tertiary/aromatic N) is 2. The highest BCUT2D eigenvalue weighted by Gasteiger charge is 2.12. The Morgan fingerprint density at radius 3 is 2.44 bits per heavy atom. The minimum absolute atomic E-state index is 0.00312. The lowest BCUT2D eigenvalue weighted by Gasteiger charge is -2.11. The maximum absolute atomic E-state index is 12.2. The van der Waals surface area contributed by atoms with Gasteiger partial charge in [-0.2, -0.15) is 0 Å². The Hall–Kier alpha value is -2.53. The molecule has 0 saturated carbocycles. The zero-order valence-corrected chi connectivity index (χ0v) is 19.6. The van der Waals surface area contributed by atoms with Gasteiger partial charge in [-0.05, 0) is 53.9 Å². The molecule has 0 aliphatic rings. The summed E-state index contributed by atoms with van der Waals surface area (Å²) in [5.74, 6) is 0.973. The van der Waals surface area contributed by atoms with Gasteiger partial charge in [0.15, 0.2) is 0 Å². The average Bonchev–Trinajstić information content (AvgIpc) is 3.13. The van der Waals surface area contributed by atoms with Gasteiger partial charge in [0.2, 0.25) is 5.91 Å². The molecule has 0 atom stereocenters. The lowest BCUT2D eigenvalue weighted by molar-refractivity contribution is -0.120. The predicted octanol–water partition coefficient (Wildman–Crippen LogP) is 6.34. The van der Waals surface area contributed by atoms with E-state index in [2.05, 4.69) is 16.0 Å². The summed E-state index contributed by atoms with van der Waals surface area (Å²) < 4.78 is 2.20. The Morgan fingerprint density at radius 1 is 0.906 bits per heavy atom. The van der Waals surface area contributed by atoms with Crippen LogP contribution in [0, 0.1) is 0 Å². The van der Waals surface area contributed by atoms with Crippen molar-refractivity contribution < 1.29 is 4.79 Å². The Labute approximate surface area is 202 Å². The summed E-state index contributed by atoms with van der Waals surface area (Å²) in [6.07, 6.45) is 1.88. The van der Waals surface area contributed by atoms with E-state index in [4.69, 9.17) is 39.8 Å². The fraction of sp³-hybridized carbons (Fsp3) is 0.200. The van der Waals surface area contributed by atoms with Crippen LogP contribution < -0.4 is 5.32 Å². The van der Waals surface area contributed by atoms with Crippen LogP contribution in [0.15, 0.2) is 66.7 Å². The standard InChI is InChI=1S/C25H22Cl3N3O/c26-19-10-7-17(8-11-19)15-25(32)29-13-3-6-24-30-22-4-1-2-5-23(22)31(24)16-18-9-12-20(27)21(28)14-18/h1-2,4-5,7-12,14H,3,6,13,15-16H2,(H,29,32). The summed E-state index contributed by atoms with van der Waals surface area (Å²) in [5.41, 5.74) is 4.02. The molecule has 0 radical (unpaired) electrons. The van der Waals surface area contributed by atoms with Gasteiger partial charge < -0.3 is 9.88 Å². The first-order valence-corrected chi connectivity index (χ1v) is 11.5. The number of carbonyl (C=O) groups is 1. The second-order valence-electron chi connectivity index (χ2n) is 7.61. The Bertz CT molecular complexity index is 1240. The first kappa shape index (κ1) is 22.7. The lowest BCUT2D eigenvalue weighted by atomic mass is 10.1. The Morgan fingerprint density at radius 2 is 1.66 bits per heavy atom. The zero-order chi connectivity index (χ0) is 22.5. The van der Waals surface area contributed by atoms with Crippen molar-refractivity contribution in [3.63, 3.8) is 0 Å². The van der Waals surface area contributed by atoms with E-state index in [0.29, 0.717) is 34.6 Å². The number of imidazole rings is 1. The fourth-order valence-corrected chi connectivity index (χ4v) is 4.08. The molecule has 7 heteroatoms. The van der Waals surface area contributed by atoms with Gasteiger partial charge in [0.1, 0.15) is 5.82 Å². The molecule has 0 bridgehead atoms. The third-order valence-corrected chi connectivity index (χ3v) is 6.23. The number of aryl methyl sites for hydroxylation is 1. The highest BCUT2D eigenvalue weighted by molar-refractivity contribution is 6.42. The number of aromatic nitrogens is 2. The van der Waals surface area contributed by atoms with Crippen molar-refractivity contribution in [2.24, 2.45) is 0 Å². The summed E-state index contributed by atoms with van der Waals surface area (Å²) in [4.78, 5) is 17.0. The molecule has 1 heterocycles. The smallest absolute Gasteiger partial charge is 0.224 e. The number of benzene rings is 3. The molecule has 1 N–H and O–H groups in total. The number of hydrogen-bond acceptors (Lipinski definition) is 2. The van der Waals surface area contributed by atoms with Gasteiger partial charge in [-0.25, -0.2) is 4.98 Å². The summed E-state index contributed by atoms with van der Waals surface area (Å²) >= 11 is 18.2. The number of halogens is 3. The molecule has 4 rings (SSSR count). The van der Waals surface area contributed by atoms with Gasteiger partial charge in [-0.3, -0.25) is 4.79 Å². The van der Waals surface area contributed by atoms with Crippen molar-refractivity contribution in [3.8, 4) is 0 Å². The van der Waals surface area contributed by atoms with Crippen molar-refractivity contribution in [1.29, 1.82) is 0 Å². The van der Waals surface area contributed by atoms with Crippen molar-refractivity contribution in [3.05, 3.63) is 98.7 Å². The summed E-state index contributed by atoms with van der Waals surface area (Å²) in [6, 6.07) is 21.1. The fourth-order valence-electron chi connectivity index (χ4n) is 3.64. The third-order valence-electron chi connectivity index (χ3n) is 5.24. The topological polar surface area (TPSA) is 46.9 Å². The molecule has 1 amide bonds. The first-order valence-electron chi connectivity index (χ1n) is 10.4. The monoisotopic (exact) mass is 485 g/mol. The summed E-state index contributed by atoms with van der Waals surface area (Å²) in [5, 5.41) is 4.74. The zero-order valence-electron chi connectivity index (χ0n) is 17.3. The van der Waals surface area contributed by atoms with E-state index in [0.717, 1.165) is 40.8 Å². The highest BCUT2D eigenvalue weighted by Crippen LogP contribution is 2.25. The van der Waals surface area contributed by atoms with E-state index < -0.39 is 0 Å². The normalized spacial score (nSPS) is 11.1. The van der Waals surface area contributed by atoms with Crippen LogP contribution >= 0.6 is 34.8 Å². The molecule has 0 saturated heterocycles. The van der Waals surface area contributed by atoms with Gasteiger partial charge in [0.05, 0.1) is 27.5 Å². The van der Waals surface area contributed by atoms with E-state index in [1.165, 1.54) is 0 Å². The molecular formula is C25H22Cl3N3O. The molecule has 0 unspecified atom stereocenters. The summed E-state index contributed by atoms with van der Waals surface area (Å²) in [6.45, 7) is 1.23. The number of rotatable bonds is 8. The van der Waals surface area contributed by atoms with E-state index in [-0.39, 0.29) is 5.91 Å². The van der Waals surface area contributed by atoms with Gasteiger partial charge in [0, 0.05) is 24.5 Å². The van der Waals surface area contributed by atoms with Crippen LogP contribution in [0.5, 0.6) is 0 Å². The highest BCUT2D eigenvalue weighted by atomic mass is 35.5. The van der Waals surface area contributed by atoms with Crippen LogP contribution in [0.25, 0.3) is 11.0 Å². The van der Waals surface area contributed by atoms with E-state index in [1.807, 2.05) is 48.5 Å². The van der Waals surface area contributed by atoms with Crippen LogP contribution in [0.2, 0.25) is 15.1 Å². The van der Waals surface area contributed by atoms with Crippen molar-refractivity contribution in [2.75, 3.05) is 6.54 Å². The molecule has 4 nitrogen and oxygen atoms in total. The van der Waals surface area contributed by atoms with Crippen LogP contribution in [-0.2, 0) is 24.2 Å². The molecule has 4 aromatic rings. The molecular weight excluding hydrogens is 465 g/mol. The van der Waals surface area contributed by atoms with Crippen molar-refractivity contribution in [1.82, 2.24) is 14.9 Å². The lowest BCUT2D eigenvalue weighted by Crippen LogP contribution is -2.26. The molecule has 0 aliphatic heterocycles. The molecule has 0 aliphatic carbocycles. The minimum Gasteiger partial charge on any atom is -0.356 e. The van der Waals surface area contributed by atoms with Gasteiger partial charge in [-0.15, -0.1) is 0 Å². The molecule has 3 aromatic carbocycles. The molecule has 32 heavy (non-hydrogen) atoms. The van der Waals surface area contributed by atoms with Crippen LogP contribution in [0.4, 0.5) is 0 Å². The minimum atomic E-state index is -0.00312. The van der Waals surface area contributed by atoms with Crippen molar-refractivity contribution >= 4 is 51.7 Å². The number of amides is 1. The maximum Gasteiger partial charge on any atom is 0.224 e. The van der Waals surface area contributed by atoms with E-state index >= 15 is 0 Å². The second kappa shape index (κ2) is 10.4. The van der Waals surface area contributed by atoms with Gasteiger partial charge >= 0.3 is 0 Å².